The van der Waals surface area contributed by atoms with E-state index in [1.165, 1.54) is 4.90 Å². The highest BCUT2D eigenvalue weighted by Crippen LogP contribution is 2.47. The summed E-state index contributed by atoms with van der Waals surface area (Å²) in [7, 11) is 0. The molecular weight excluding hydrogens is 548 g/mol. The molecule has 0 N–H and O–H groups in total. The molecule has 4 aromatic carbocycles. The van der Waals surface area contributed by atoms with Crippen LogP contribution in [0.15, 0.2) is 114 Å². The smallest absolute Gasteiger partial charge is 0.343 e. The van der Waals surface area contributed by atoms with Crippen molar-refractivity contribution in [3.63, 3.8) is 0 Å². The van der Waals surface area contributed by atoms with Gasteiger partial charge in [-0.05, 0) is 66.2 Å². The van der Waals surface area contributed by atoms with Gasteiger partial charge in [0.15, 0.2) is 6.10 Å². The molecule has 0 aromatic heterocycles. The summed E-state index contributed by atoms with van der Waals surface area (Å²) in [6.07, 6.45) is -0.966. The Labute approximate surface area is 227 Å². The Hall–Kier alpha value is -4.27. The van der Waals surface area contributed by atoms with E-state index in [1.54, 1.807) is 77.9 Å². The first-order valence-electron chi connectivity index (χ1n) is 12.0. The van der Waals surface area contributed by atoms with Gasteiger partial charge in [-0.3, -0.25) is 14.4 Å². The lowest BCUT2D eigenvalue weighted by molar-refractivity contribution is -0.126. The number of benzene rings is 4. The number of amides is 2. The fourth-order valence-corrected chi connectivity index (χ4v) is 5.13. The molecule has 0 bridgehead atoms. The lowest BCUT2D eigenvalue weighted by Crippen LogP contribution is -2.37. The second-order valence-electron chi connectivity index (χ2n) is 8.97. The van der Waals surface area contributed by atoms with Crippen molar-refractivity contribution < 1.29 is 24.0 Å². The molecule has 0 unspecified atom stereocenters. The molecule has 7 nitrogen and oxygen atoms in total. The van der Waals surface area contributed by atoms with Gasteiger partial charge in [-0.25, -0.2) is 14.8 Å². The first-order chi connectivity index (χ1) is 18.5. The van der Waals surface area contributed by atoms with E-state index < -0.39 is 29.9 Å². The summed E-state index contributed by atoms with van der Waals surface area (Å²) < 4.78 is 6.37. The number of imide groups is 1. The first-order valence-corrected chi connectivity index (χ1v) is 12.8. The van der Waals surface area contributed by atoms with Crippen LogP contribution in [-0.4, -0.2) is 23.9 Å². The summed E-state index contributed by atoms with van der Waals surface area (Å²) in [6.45, 7) is 0. The van der Waals surface area contributed by atoms with E-state index in [1.807, 2.05) is 36.4 Å². The second kappa shape index (κ2) is 9.89. The van der Waals surface area contributed by atoms with Crippen LogP contribution in [-0.2, 0) is 14.4 Å². The predicted molar refractivity (Wildman–Crippen MR) is 145 cm³/mol. The molecule has 0 radical (unpaired) electrons. The molecular formula is C30H21BrN2O5. The van der Waals surface area contributed by atoms with Crippen LogP contribution < -0.4 is 14.7 Å². The fraction of sp³-hybridized carbons (Fsp3) is 0.100. The molecule has 38 heavy (non-hydrogen) atoms. The van der Waals surface area contributed by atoms with E-state index in [9.17, 15) is 14.4 Å². The maximum atomic E-state index is 13.7. The van der Waals surface area contributed by atoms with Crippen molar-refractivity contribution in [1.82, 2.24) is 0 Å². The van der Waals surface area contributed by atoms with E-state index >= 15 is 0 Å². The first kappa shape index (κ1) is 24.1. The van der Waals surface area contributed by atoms with Gasteiger partial charge in [-0.1, -0.05) is 64.5 Å². The highest BCUT2D eigenvalue weighted by atomic mass is 79.9. The predicted octanol–water partition coefficient (Wildman–Crippen LogP) is 5.72. The summed E-state index contributed by atoms with van der Waals surface area (Å²) in [4.78, 5) is 47.0. The van der Waals surface area contributed by atoms with E-state index in [0.29, 0.717) is 17.0 Å². The number of fused-ring (bicyclic) bond motifs is 1. The van der Waals surface area contributed by atoms with E-state index in [4.69, 9.17) is 9.57 Å². The summed E-state index contributed by atoms with van der Waals surface area (Å²) in [5.41, 5.74) is 2.42. The summed E-state index contributed by atoms with van der Waals surface area (Å²) in [6, 6.07) is 31.5. The van der Waals surface area contributed by atoms with Crippen molar-refractivity contribution in [2.24, 2.45) is 5.92 Å². The molecule has 3 atom stereocenters. The standard InChI is InChI=1S/C30H21BrN2O5/c31-21-13-15-22(16-14-21)32-28(34)25-26(33(38-27(25)29(32)35)23-9-5-2-6-10-23)19-11-17-24(18-12-19)37-30(36)20-7-3-1-4-8-20/h1-18,25-27H/t25-,26+,27+/m1/s1. The number of ether oxygens (including phenoxy) is 1. The molecule has 2 aliphatic rings. The van der Waals surface area contributed by atoms with Gasteiger partial charge >= 0.3 is 5.97 Å². The highest BCUT2D eigenvalue weighted by molar-refractivity contribution is 9.10. The van der Waals surface area contributed by atoms with Crippen molar-refractivity contribution in [1.29, 1.82) is 0 Å². The summed E-state index contributed by atoms with van der Waals surface area (Å²) in [5, 5.41) is 1.63. The van der Waals surface area contributed by atoms with E-state index in [-0.39, 0.29) is 5.91 Å². The Bertz CT molecular complexity index is 1490. The number of hydroxylamine groups is 1. The molecule has 2 fully saturated rings. The average molecular weight is 569 g/mol. The molecule has 8 heteroatoms. The van der Waals surface area contributed by atoms with Crippen molar-refractivity contribution >= 4 is 45.1 Å². The number of hydrogen-bond acceptors (Lipinski definition) is 6. The summed E-state index contributed by atoms with van der Waals surface area (Å²) in [5.74, 6) is -1.58. The van der Waals surface area contributed by atoms with Gasteiger partial charge in [-0.2, -0.15) is 0 Å². The molecule has 6 rings (SSSR count). The molecule has 188 valence electrons. The lowest BCUT2D eigenvalue weighted by atomic mass is 9.90. The zero-order valence-corrected chi connectivity index (χ0v) is 21.5. The molecule has 0 spiro atoms. The Morgan fingerprint density at radius 2 is 1.37 bits per heavy atom. The Kier molecular flexibility index (Phi) is 6.27. The molecule has 0 saturated carbocycles. The fourth-order valence-electron chi connectivity index (χ4n) is 4.87. The van der Waals surface area contributed by atoms with Crippen LogP contribution in [0.3, 0.4) is 0 Å². The minimum Gasteiger partial charge on any atom is -0.423 e. The van der Waals surface area contributed by atoms with Crippen molar-refractivity contribution in [2.45, 2.75) is 12.1 Å². The quantitative estimate of drug-likeness (QED) is 0.174. The van der Waals surface area contributed by atoms with Crippen LogP contribution in [0.4, 0.5) is 11.4 Å². The number of halogens is 1. The number of carbonyl (C=O) groups excluding carboxylic acids is 3. The number of anilines is 2. The number of hydrogen-bond donors (Lipinski definition) is 0. The van der Waals surface area contributed by atoms with Gasteiger partial charge in [0.1, 0.15) is 11.7 Å². The van der Waals surface area contributed by atoms with Crippen LogP contribution in [0.1, 0.15) is 22.0 Å². The van der Waals surface area contributed by atoms with Crippen LogP contribution in [0, 0.1) is 5.92 Å². The number of rotatable bonds is 5. The zero-order valence-electron chi connectivity index (χ0n) is 19.9. The van der Waals surface area contributed by atoms with Crippen molar-refractivity contribution in [3.8, 4) is 5.75 Å². The Morgan fingerprint density at radius 3 is 2.03 bits per heavy atom. The SMILES string of the molecule is O=C(Oc1ccc([C@H]2[C@H]3C(=O)N(c4ccc(Br)cc4)C(=O)[C@H]3ON2c2ccccc2)cc1)c1ccccc1. The van der Waals surface area contributed by atoms with Crippen LogP contribution in [0.2, 0.25) is 0 Å². The largest absolute Gasteiger partial charge is 0.423 e. The van der Waals surface area contributed by atoms with Crippen molar-refractivity contribution in [2.75, 3.05) is 9.96 Å². The molecule has 4 aromatic rings. The van der Waals surface area contributed by atoms with E-state index in [0.717, 1.165) is 15.7 Å². The molecule has 2 aliphatic heterocycles. The number of nitrogens with zero attached hydrogens (tertiary/aromatic N) is 2. The molecule has 0 aliphatic carbocycles. The minimum absolute atomic E-state index is 0.328. The third-order valence-electron chi connectivity index (χ3n) is 6.65. The van der Waals surface area contributed by atoms with Gasteiger partial charge in [-0.15, -0.1) is 0 Å². The van der Waals surface area contributed by atoms with Gasteiger partial charge in [0.05, 0.1) is 23.0 Å². The zero-order chi connectivity index (χ0) is 26.2. The van der Waals surface area contributed by atoms with Gasteiger partial charge in [0.2, 0.25) is 5.91 Å². The minimum atomic E-state index is -0.966. The van der Waals surface area contributed by atoms with Gasteiger partial charge in [0.25, 0.3) is 5.91 Å². The summed E-state index contributed by atoms with van der Waals surface area (Å²) >= 11 is 3.39. The number of para-hydroxylation sites is 1. The highest BCUT2D eigenvalue weighted by Gasteiger charge is 2.60. The van der Waals surface area contributed by atoms with Crippen LogP contribution in [0.5, 0.6) is 5.75 Å². The monoisotopic (exact) mass is 568 g/mol. The topological polar surface area (TPSA) is 76.2 Å². The lowest BCUT2D eigenvalue weighted by Gasteiger charge is -2.28. The van der Waals surface area contributed by atoms with Crippen molar-refractivity contribution in [3.05, 3.63) is 125 Å². The molecule has 2 amide bonds. The van der Waals surface area contributed by atoms with Gasteiger partial charge in [0, 0.05) is 4.47 Å². The maximum Gasteiger partial charge on any atom is 0.343 e. The third-order valence-corrected chi connectivity index (χ3v) is 7.18. The normalized spacial score (nSPS) is 20.5. The number of esters is 1. The third kappa shape index (κ3) is 4.27. The Balaban J connectivity index is 1.32. The van der Waals surface area contributed by atoms with E-state index in [2.05, 4.69) is 15.9 Å². The molecule has 2 heterocycles. The number of carbonyl (C=O) groups is 3. The average Bonchev–Trinajstić information content (AvgIpc) is 3.46. The Morgan fingerprint density at radius 1 is 0.737 bits per heavy atom. The second-order valence-corrected chi connectivity index (χ2v) is 9.89. The van der Waals surface area contributed by atoms with Crippen LogP contribution >= 0.6 is 15.9 Å². The molecule has 2 saturated heterocycles. The van der Waals surface area contributed by atoms with Gasteiger partial charge < -0.3 is 4.74 Å². The maximum absolute atomic E-state index is 13.7. The van der Waals surface area contributed by atoms with Crippen LogP contribution in [0.25, 0.3) is 0 Å².